The van der Waals surface area contributed by atoms with E-state index in [1.165, 1.54) is 17.0 Å². The zero-order valence-electron chi connectivity index (χ0n) is 25.3. The maximum atomic E-state index is 14.6. The molecule has 0 aliphatic heterocycles. The van der Waals surface area contributed by atoms with Crippen LogP contribution in [0.5, 0.6) is 0 Å². The Morgan fingerprint density at radius 2 is 1.53 bits per heavy atom. The van der Waals surface area contributed by atoms with Crippen molar-refractivity contribution in [2.75, 3.05) is 17.4 Å². The Labute approximate surface area is 279 Å². The lowest BCUT2D eigenvalue weighted by atomic mass is 10.0. The molecule has 10 heteroatoms. The Kier molecular flexibility index (Phi) is 12.2. The summed E-state index contributed by atoms with van der Waals surface area (Å²) in [4.78, 5) is 29.9. The summed E-state index contributed by atoms with van der Waals surface area (Å²) in [5, 5.41) is 3.37. The lowest BCUT2D eigenvalue weighted by Crippen LogP contribution is -2.53. The smallest absolute Gasteiger partial charge is 0.264 e. The minimum Gasteiger partial charge on any atom is -0.354 e. The second-order valence-electron chi connectivity index (χ2n) is 10.7. The van der Waals surface area contributed by atoms with E-state index in [1.807, 2.05) is 61.5 Å². The minimum atomic E-state index is -4.20. The number of anilines is 1. The van der Waals surface area contributed by atoms with E-state index in [9.17, 15) is 18.0 Å². The molecule has 0 unspecified atom stereocenters. The predicted octanol–water partition coefficient (Wildman–Crippen LogP) is 7.16. The number of nitrogens with zero attached hydrogens (tertiary/aromatic N) is 2. The number of carbonyl (C=O) groups is 2. The third-order valence-corrected chi connectivity index (χ3v) is 10.1. The van der Waals surface area contributed by atoms with Gasteiger partial charge in [0.25, 0.3) is 10.0 Å². The molecule has 236 valence electrons. The lowest BCUT2D eigenvalue weighted by Gasteiger charge is -2.34. The van der Waals surface area contributed by atoms with Gasteiger partial charge in [-0.25, -0.2) is 8.42 Å². The fraction of sp³-hybridized carbons (Fsp3) is 0.257. The van der Waals surface area contributed by atoms with Crippen LogP contribution in [0.25, 0.3) is 0 Å². The van der Waals surface area contributed by atoms with Crippen molar-refractivity contribution < 1.29 is 18.0 Å². The van der Waals surface area contributed by atoms with Crippen molar-refractivity contribution >= 4 is 55.1 Å². The number of carbonyl (C=O) groups excluding carboxylic acids is 2. The first-order valence-electron chi connectivity index (χ1n) is 14.8. The van der Waals surface area contributed by atoms with Crippen molar-refractivity contribution in [1.29, 1.82) is 0 Å². The van der Waals surface area contributed by atoms with Gasteiger partial charge in [-0.05, 0) is 66.4 Å². The summed E-state index contributed by atoms with van der Waals surface area (Å²) in [5.74, 6) is -0.826. The van der Waals surface area contributed by atoms with Crippen molar-refractivity contribution in [3.8, 4) is 0 Å². The molecule has 0 bridgehead atoms. The van der Waals surface area contributed by atoms with Crippen LogP contribution in [0.15, 0.2) is 112 Å². The number of hydrogen-bond donors (Lipinski definition) is 1. The molecule has 1 N–H and O–H groups in total. The van der Waals surface area contributed by atoms with Gasteiger partial charge in [0.1, 0.15) is 12.6 Å². The molecular formula is C35H37BrClN3O4S. The summed E-state index contributed by atoms with van der Waals surface area (Å²) >= 11 is 9.95. The number of unbranched alkanes of at least 4 members (excludes halogenated alkanes) is 1. The molecule has 0 spiro atoms. The highest BCUT2D eigenvalue weighted by atomic mass is 79.9. The molecule has 2 amide bonds. The Hall–Kier alpha value is -3.66. The summed E-state index contributed by atoms with van der Waals surface area (Å²) in [6.07, 6.45) is 1.94. The van der Waals surface area contributed by atoms with E-state index in [-0.39, 0.29) is 29.5 Å². The summed E-state index contributed by atoms with van der Waals surface area (Å²) in [5.41, 5.74) is 2.46. The summed E-state index contributed by atoms with van der Waals surface area (Å²) in [6.45, 7) is 3.77. The second kappa shape index (κ2) is 16.1. The highest BCUT2D eigenvalue weighted by Gasteiger charge is 2.35. The fourth-order valence-corrected chi connectivity index (χ4v) is 7.10. The summed E-state index contributed by atoms with van der Waals surface area (Å²) in [6, 6.07) is 29.0. The zero-order valence-corrected chi connectivity index (χ0v) is 28.5. The van der Waals surface area contributed by atoms with Crippen molar-refractivity contribution in [1.82, 2.24) is 10.2 Å². The minimum absolute atomic E-state index is 0.0360. The van der Waals surface area contributed by atoms with Crippen molar-refractivity contribution in [2.45, 2.75) is 50.6 Å². The first kappa shape index (κ1) is 34.2. The second-order valence-corrected chi connectivity index (χ2v) is 13.9. The van der Waals surface area contributed by atoms with Crippen molar-refractivity contribution in [3.05, 3.63) is 129 Å². The van der Waals surface area contributed by atoms with Crippen LogP contribution in [0, 0.1) is 6.92 Å². The van der Waals surface area contributed by atoms with Gasteiger partial charge < -0.3 is 10.2 Å². The maximum Gasteiger partial charge on any atom is 0.264 e. The predicted molar refractivity (Wildman–Crippen MR) is 184 cm³/mol. The molecule has 45 heavy (non-hydrogen) atoms. The van der Waals surface area contributed by atoms with Gasteiger partial charge in [-0.2, -0.15) is 0 Å². The van der Waals surface area contributed by atoms with Crippen molar-refractivity contribution in [2.24, 2.45) is 0 Å². The number of benzene rings is 4. The molecule has 0 radical (unpaired) electrons. The molecule has 0 fully saturated rings. The average Bonchev–Trinajstić information content (AvgIpc) is 3.04. The van der Waals surface area contributed by atoms with Crippen molar-refractivity contribution in [3.63, 3.8) is 0 Å². The third kappa shape index (κ3) is 8.96. The van der Waals surface area contributed by atoms with Crippen LogP contribution in [-0.4, -0.2) is 44.3 Å². The van der Waals surface area contributed by atoms with Gasteiger partial charge in [0.2, 0.25) is 11.8 Å². The van der Waals surface area contributed by atoms with Crippen LogP contribution < -0.4 is 9.62 Å². The molecule has 0 saturated heterocycles. The topological polar surface area (TPSA) is 86.8 Å². The molecular weight excluding hydrogens is 674 g/mol. The third-order valence-electron chi connectivity index (χ3n) is 7.46. The highest BCUT2D eigenvalue weighted by Crippen LogP contribution is 2.31. The quantitative estimate of drug-likeness (QED) is 0.141. The maximum absolute atomic E-state index is 14.6. The number of hydrogen-bond acceptors (Lipinski definition) is 4. The summed E-state index contributed by atoms with van der Waals surface area (Å²) in [7, 11) is -4.20. The normalized spacial score (nSPS) is 11.9. The van der Waals surface area contributed by atoms with E-state index in [1.54, 1.807) is 43.3 Å². The van der Waals surface area contributed by atoms with E-state index < -0.39 is 28.5 Å². The van der Waals surface area contributed by atoms with Gasteiger partial charge in [-0.15, -0.1) is 0 Å². The Bertz CT molecular complexity index is 1700. The van der Waals surface area contributed by atoms with Crippen LogP contribution >= 0.6 is 27.5 Å². The van der Waals surface area contributed by atoms with Crippen LogP contribution in [0.4, 0.5) is 5.69 Å². The molecule has 0 aliphatic carbocycles. The molecule has 1 atom stereocenters. The molecule has 4 aromatic rings. The number of nitrogens with one attached hydrogen (secondary N) is 1. The monoisotopic (exact) mass is 709 g/mol. The molecule has 4 rings (SSSR count). The number of halogens is 2. The van der Waals surface area contributed by atoms with E-state index in [2.05, 4.69) is 21.2 Å². The largest absolute Gasteiger partial charge is 0.354 e. The molecule has 7 nitrogen and oxygen atoms in total. The molecule has 0 saturated carbocycles. The van der Waals surface area contributed by atoms with Gasteiger partial charge in [-0.3, -0.25) is 13.9 Å². The first-order chi connectivity index (χ1) is 21.6. The average molecular weight is 711 g/mol. The summed E-state index contributed by atoms with van der Waals surface area (Å²) < 4.78 is 30.2. The lowest BCUT2D eigenvalue weighted by molar-refractivity contribution is -0.140. The molecule has 0 heterocycles. The Balaban J connectivity index is 1.81. The molecule has 0 aliphatic rings. The van der Waals surface area contributed by atoms with E-state index in [0.29, 0.717) is 17.1 Å². The van der Waals surface area contributed by atoms with Gasteiger partial charge >= 0.3 is 0 Å². The van der Waals surface area contributed by atoms with Gasteiger partial charge in [0, 0.05) is 29.0 Å². The van der Waals surface area contributed by atoms with Crippen LogP contribution in [0.2, 0.25) is 5.02 Å². The van der Waals surface area contributed by atoms with E-state index in [4.69, 9.17) is 11.6 Å². The molecule has 0 aromatic heterocycles. The Morgan fingerprint density at radius 1 is 0.889 bits per heavy atom. The van der Waals surface area contributed by atoms with Crippen LogP contribution in [0.1, 0.15) is 36.5 Å². The van der Waals surface area contributed by atoms with Gasteiger partial charge in [0.15, 0.2) is 0 Å². The standard InChI is InChI=1S/C35H37BrClN3O4S/c1-3-4-21-38-35(42)33(23-27-13-7-5-8-14-27)39(24-28-15-11-16-29(36)22-28)34(41)25-40(32-20-12-19-31(37)26(32)2)45(43,44)30-17-9-6-10-18-30/h5-20,22,33H,3-4,21,23-25H2,1-2H3,(H,38,42)/t33-/m1/s1. The van der Waals surface area contributed by atoms with Gasteiger partial charge in [-0.1, -0.05) is 108 Å². The van der Waals surface area contributed by atoms with E-state index >= 15 is 0 Å². The Morgan fingerprint density at radius 3 is 2.20 bits per heavy atom. The zero-order chi connectivity index (χ0) is 32.4. The number of rotatable bonds is 14. The SMILES string of the molecule is CCCCNC(=O)[C@@H](Cc1ccccc1)N(Cc1cccc(Br)c1)C(=O)CN(c1cccc(Cl)c1C)S(=O)(=O)c1ccccc1. The molecule has 4 aromatic carbocycles. The highest BCUT2D eigenvalue weighted by molar-refractivity contribution is 9.10. The fourth-order valence-electron chi connectivity index (χ4n) is 4.99. The van der Waals surface area contributed by atoms with Crippen LogP contribution in [0.3, 0.4) is 0 Å². The van der Waals surface area contributed by atoms with E-state index in [0.717, 1.165) is 32.7 Å². The number of amides is 2. The van der Waals surface area contributed by atoms with Crippen LogP contribution in [-0.2, 0) is 32.6 Å². The first-order valence-corrected chi connectivity index (χ1v) is 17.4. The van der Waals surface area contributed by atoms with Gasteiger partial charge in [0.05, 0.1) is 10.6 Å². The number of sulfonamides is 1.